The first kappa shape index (κ1) is 19.1. The molecule has 2 N–H and O–H groups in total. The van der Waals surface area contributed by atoms with Crippen molar-refractivity contribution >= 4 is 16.7 Å². The second-order valence-electron chi connectivity index (χ2n) is 7.10. The minimum absolute atomic E-state index is 0.0173. The molecule has 1 fully saturated rings. The molecule has 1 aliphatic rings. The summed E-state index contributed by atoms with van der Waals surface area (Å²) in [5.41, 5.74) is 6.15. The summed E-state index contributed by atoms with van der Waals surface area (Å²) in [4.78, 5) is 15.3. The number of benzene rings is 1. The number of hydrogen-bond acceptors (Lipinski definition) is 4. The van der Waals surface area contributed by atoms with E-state index in [1.807, 2.05) is 45.0 Å². The Labute approximate surface area is 147 Å². The quantitative estimate of drug-likeness (QED) is 0.849. The van der Waals surface area contributed by atoms with E-state index in [9.17, 15) is 9.00 Å². The molecule has 0 aromatic heterocycles. The van der Waals surface area contributed by atoms with Gasteiger partial charge in [0.25, 0.3) is 0 Å². The van der Waals surface area contributed by atoms with Gasteiger partial charge in [-0.25, -0.2) is 0 Å². The van der Waals surface area contributed by atoms with E-state index in [1.165, 1.54) is 0 Å². The van der Waals surface area contributed by atoms with Crippen molar-refractivity contribution < 1.29 is 13.7 Å². The number of carbonyl (C=O) groups excluding carboxylic acids is 1. The Bertz CT molecular complexity index is 630. The summed E-state index contributed by atoms with van der Waals surface area (Å²) in [6, 6.07) is 7.47. The molecule has 2 rings (SSSR count). The van der Waals surface area contributed by atoms with E-state index in [-0.39, 0.29) is 12.0 Å². The Morgan fingerprint density at radius 1 is 1.38 bits per heavy atom. The average Bonchev–Trinajstić information content (AvgIpc) is 2.54. The van der Waals surface area contributed by atoms with E-state index in [0.29, 0.717) is 19.6 Å². The maximum Gasteiger partial charge on any atom is 0.243 e. The van der Waals surface area contributed by atoms with Crippen molar-refractivity contribution in [1.82, 2.24) is 4.90 Å². The number of rotatable bonds is 6. The van der Waals surface area contributed by atoms with Crippen molar-refractivity contribution in [3.05, 3.63) is 29.8 Å². The lowest BCUT2D eigenvalue weighted by Gasteiger charge is -2.58. The lowest BCUT2D eigenvalue weighted by molar-refractivity contribution is -0.178. The van der Waals surface area contributed by atoms with Crippen LogP contribution in [0.25, 0.3) is 0 Å². The third kappa shape index (κ3) is 3.27. The summed E-state index contributed by atoms with van der Waals surface area (Å²) in [6.45, 7) is 7.04. The van der Waals surface area contributed by atoms with Gasteiger partial charge in [0.15, 0.2) is 0 Å². The Morgan fingerprint density at radius 2 is 1.96 bits per heavy atom. The van der Waals surface area contributed by atoms with E-state index < -0.39 is 21.8 Å². The average molecular weight is 353 g/mol. The lowest BCUT2D eigenvalue weighted by atomic mass is 9.54. The molecule has 3 unspecified atom stereocenters. The molecule has 1 aliphatic carbocycles. The number of amides is 1. The van der Waals surface area contributed by atoms with E-state index >= 15 is 0 Å². The third-order valence-electron chi connectivity index (χ3n) is 5.23. The second kappa shape index (κ2) is 6.94. The number of nitrogens with zero attached hydrogens (tertiary/aromatic N) is 1. The highest BCUT2D eigenvalue weighted by Gasteiger charge is 2.63. The number of carbonyl (C=O) groups is 1. The van der Waals surface area contributed by atoms with Crippen LogP contribution in [0, 0.1) is 5.41 Å². The highest BCUT2D eigenvalue weighted by Crippen LogP contribution is 2.50. The lowest BCUT2D eigenvalue weighted by Crippen LogP contribution is -2.75. The molecule has 0 bridgehead atoms. The number of nitrogens with two attached hydrogens (primary N) is 1. The van der Waals surface area contributed by atoms with Gasteiger partial charge < -0.3 is 15.4 Å². The Balaban J connectivity index is 2.06. The van der Waals surface area contributed by atoms with E-state index in [4.69, 9.17) is 10.5 Å². The first-order chi connectivity index (χ1) is 11.1. The maximum atomic E-state index is 12.9. The van der Waals surface area contributed by atoms with Gasteiger partial charge in [0.1, 0.15) is 5.54 Å². The van der Waals surface area contributed by atoms with Gasteiger partial charge in [-0.05, 0) is 24.6 Å². The van der Waals surface area contributed by atoms with Crippen LogP contribution in [0.3, 0.4) is 0 Å². The highest BCUT2D eigenvalue weighted by atomic mass is 32.2. The Morgan fingerprint density at radius 3 is 2.42 bits per heavy atom. The molecule has 1 aromatic carbocycles. The molecule has 134 valence electrons. The van der Waals surface area contributed by atoms with Crippen molar-refractivity contribution in [2.75, 3.05) is 19.9 Å². The second-order valence-corrected chi connectivity index (χ2v) is 8.48. The van der Waals surface area contributed by atoms with Crippen LogP contribution in [-0.2, 0) is 26.9 Å². The van der Waals surface area contributed by atoms with E-state index in [1.54, 1.807) is 18.2 Å². The fourth-order valence-corrected chi connectivity index (χ4v) is 3.79. The van der Waals surface area contributed by atoms with Crippen molar-refractivity contribution in [2.24, 2.45) is 11.1 Å². The summed E-state index contributed by atoms with van der Waals surface area (Å²) in [5, 5.41) is 0. The zero-order chi connectivity index (χ0) is 18.1. The fourth-order valence-electron chi connectivity index (χ4n) is 3.27. The molecule has 0 heterocycles. The van der Waals surface area contributed by atoms with Crippen LogP contribution in [0.5, 0.6) is 0 Å². The van der Waals surface area contributed by atoms with Crippen LogP contribution in [0.4, 0.5) is 0 Å². The predicted octanol–water partition coefficient (Wildman–Crippen LogP) is 1.91. The SMILES string of the molecule is CCOC1CC(N)(C(=O)N(C)Cc2ccc(S(C)=O)cc2)C1(C)C. The summed E-state index contributed by atoms with van der Waals surface area (Å²) in [7, 11) is 0.775. The molecule has 0 aliphatic heterocycles. The zero-order valence-corrected chi connectivity index (χ0v) is 16.0. The zero-order valence-electron chi connectivity index (χ0n) is 15.2. The van der Waals surface area contributed by atoms with Gasteiger partial charge in [0, 0.05) is 54.0 Å². The van der Waals surface area contributed by atoms with E-state index in [2.05, 4.69) is 0 Å². The minimum atomic E-state index is -0.996. The standard InChI is InChI=1S/C18H28N2O3S/c1-6-23-15-11-18(19,17(15,2)3)16(21)20(4)12-13-7-9-14(10-8-13)24(5)22/h7-10,15H,6,11-12,19H2,1-5H3. The molecule has 3 atom stereocenters. The Kier molecular flexibility index (Phi) is 5.52. The van der Waals surface area contributed by atoms with Crippen LogP contribution in [0.15, 0.2) is 29.2 Å². The molecular formula is C18H28N2O3S. The molecule has 5 nitrogen and oxygen atoms in total. The smallest absolute Gasteiger partial charge is 0.243 e. The molecule has 0 spiro atoms. The molecular weight excluding hydrogens is 324 g/mol. The van der Waals surface area contributed by atoms with Crippen LogP contribution in [0.2, 0.25) is 0 Å². The monoisotopic (exact) mass is 352 g/mol. The van der Waals surface area contributed by atoms with Gasteiger partial charge in [0.05, 0.1) is 6.10 Å². The number of ether oxygens (including phenoxy) is 1. The number of likely N-dealkylation sites (N-methyl/N-ethyl adjacent to an activating group) is 1. The van der Waals surface area contributed by atoms with Gasteiger partial charge >= 0.3 is 0 Å². The van der Waals surface area contributed by atoms with Gasteiger partial charge in [0.2, 0.25) is 5.91 Å². The van der Waals surface area contributed by atoms with Crippen LogP contribution in [-0.4, -0.2) is 46.6 Å². The summed E-state index contributed by atoms with van der Waals surface area (Å²) >= 11 is 0. The molecule has 24 heavy (non-hydrogen) atoms. The summed E-state index contributed by atoms with van der Waals surface area (Å²) in [6.07, 6.45) is 2.21. The maximum absolute atomic E-state index is 12.9. The minimum Gasteiger partial charge on any atom is -0.378 e. The van der Waals surface area contributed by atoms with Crippen LogP contribution >= 0.6 is 0 Å². The first-order valence-corrected chi connectivity index (χ1v) is 9.77. The molecule has 0 radical (unpaired) electrons. The van der Waals surface area contributed by atoms with Crippen molar-refractivity contribution in [2.45, 2.75) is 50.3 Å². The van der Waals surface area contributed by atoms with Gasteiger partial charge in [-0.15, -0.1) is 0 Å². The predicted molar refractivity (Wildman–Crippen MR) is 96.0 cm³/mol. The molecule has 1 saturated carbocycles. The van der Waals surface area contributed by atoms with Crippen LogP contribution < -0.4 is 5.73 Å². The molecule has 1 aromatic rings. The van der Waals surface area contributed by atoms with Gasteiger partial charge in [-0.3, -0.25) is 9.00 Å². The van der Waals surface area contributed by atoms with Crippen molar-refractivity contribution in [1.29, 1.82) is 0 Å². The van der Waals surface area contributed by atoms with E-state index in [0.717, 1.165) is 10.5 Å². The van der Waals surface area contributed by atoms with Gasteiger partial charge in [-0.2, -0.15) is 0 Å². The van der Waals surface area contributed by atoms with Crippen molar-refractivity contribution in [3.8, 4) is 0 Å². The summed E-state index contributed by atoms with van der Waals surface area (Å²) in [5.74, 6) is -0.0633. The normalized spacial score (nSPS) is 26.5. The Hall–Kier alpha value is -1.24. The third-order valence-corrected chi connectivity index (χ3v) is 6.17. The molecule has 6 heteroatoms. The largest absolute Gasteiger partial charge is 0.378 e. The summed E-state index contributed by atoms with van der Waals surface area (Å²) < 4.78 is 17.1. The number of hydrogen-bond donors (Lipinski definition) is 1. The molecule has 1 amide bonds. The molecule has 0 saturated heterocycles. The highest BCUT2D eigenvalue weighted by molar-refractivity contribution is 7.84. The first-order valence-electron chi connectivity index (χ1n) is 8.22. The van der Waals surface area contributed by atoms with Crippen molar-refractivity contribution in [3.63, 3.8) is 0 Å². The fraction of sp³-hybridized carbons (Fsp3) is 0.611. The van der Waals surface area contributed by atoms with Crippen LogP contribution in [0.1, 0.15) is 32.8 Å². The topological polar surface area (TPSA) is 72.6 Å². The van der Waals surface area contributed by atoms with Gasteiger partial charge in [-0.1, -0.05) is 26.0 Å².